The minimum absolute atomic E-state index is 0.287. The SMILES string of the molecule is O=C(NNC=C1CC=CCC1)c1ccc(Cl)cc1Cl. The lowest BCUT2D eigenvalue weighted by molar-refractivity contribution is 0.0941. The summed E-state index contributed by atoms with van der Waals surface area (Å²) in [6.45, 7) is 0. The Morgan fingerprint density at radius 1 is 1.26 bits per heavy atom. The lowest BCUT2D eigenvalue weighted by atomic mass is 10.0. The van der Waals surface area contributed by atoms with Crippen LogP contribution in [0.4, 0.5) is 0 Å². The summed E-state index contributed by atoms with van der Waals surface area (Å²) in [4.78, 5) is 11.9. The van der Waals surface area contributed by atoms with Crippen molar-refractivity contribution in [2.45, 2.75) is 19.3 Å². The minimum Gasteiger partial charge on any atom is -0.306 e. The number of carbonyl (C=O) groups is 1. The van der Waals surface area contributed by atoms with E-state index in [0.29, 0.717) is 15.6 Å². The molecule has 0 unspecified atom stereocenters. The van der Waals surface area contributed by atoms with E-state index in [0.717, 1.165) is 19.3 Å². The summed E-state index contributed by atoms with van der Waals surface area (Å²) in [7, 11) is 0. The first-order valence-corrected chi connectivity index (χ1v) is 6.76. The van der Waals surface area contributed by atoms with Gasteiger partial charge in [-0.15, -0.1) is 0 Å². The highest BCUT2D eigenvalue weighted by Crippen LogP contribution is 2.20. The number of rotatable bonds is 3. The fourth-order valence-electron chi connectivity index (χ4n) is 1.80. The van der Waals surface area contributed by atoms with Gasteiger partial charge in [0, 0.05) is 11.2 Å². The molecule has 1 aliphatic rings. The molecule has 0 saturated carbocycles. The Morgan fingerprint density at radius 2 is 2.11 bits per heavy atom. The molecule has 0 aliphatic heterocycles. The van der Waals surface area contributed by atoms with Crippen LogP contribution in [0.2, 0.25) is 10.0 Å². The van der Waals surface area contributed by atoms with Crippen LogP contribution in [0.15, 0.2) is 42.1 Å². The molecule has 1 aromatic rings. The highest BCUT2D eigenvalue weighted by molar-refractivity contribution is 6.36. The first kappa shape index (κ1) is 14.0. The van der Waals surface area contributed by atoms with Crippen LogP contribution in [-0.4, -0.2) is 5.91 Å². The Labute approximate surface area is 122 Å². The van der Waals surface area contributed by atoms with E-state index in [-0.39, 0.29) is 5.91 Å². The van der Waals surface area contributed by atoms with Crippen molar-refractivity contribution in [3.05, 3.63) is 57.7 Å². The van der Waals surface area contributed by atoms with Gasteiger partial charge in [0.2, 0.25) is 0 Å². The highest BCUT2D eigenvalue weighted by Gasteiger charge is 2.09. The molecule has 19 heavy (non-hydrogen) atoms. The van der Waals surface area contributed by atoms with Crippen LogP contribution in [0.3, 0.4) is 0 Å². The third-order valence-electron chi connectivity index (χ3n) is 2.82. The van der Waals surface area contributed by atoms with Crippen molar-refractivity contribution in [1.82, 2.24) is 10.9 Å². The minimum atomic E-state index is -0.287. The summed E-state index contributed by atoms with van der Waals surface area (Å²) in [6.07, 6.45) is 9.08. The molecule has 1 amide bonds. The highest BCUT2D eigenvalue weighted by atomic mass is 35.5. The lowest BCUT2D eigenvalue weighted by Crippen LogP contribution is -2.34. The molecule has 3 nitrogen and oxygen atoms in total. The van der Waals surface area contributed by atoms with E-state index >= 15 is 0 Å². The van der Waals surface area contributed by atoms with E-state index in [1.807, 2.05) is 6.20 Å². The van der Waals surface area contributed by atoms with Gasteiger partial charge >= 0.3 is 0 Å². The second kappa shape index (κ2) is 6.64. The number of nitrogens with one attached hydrogen (secondary N) is 2. The maximum absolute atomic E-state index is 11.9. The zero-order valence-corrected chi connectivity index (χ0v) is 11.8. The molecule has 0 bridgehead atoms. The molecular weight excluding hydrogens is 283 g/mol. The van der Waals surface area contributed by atoms with Crippen molar-refractivity contribution in [2.75, 3.05) is 0 Å². The fourth-order valence-corrected chi connectivity index (χ4v) is 2.29. The molecular formula is C14H14Cl2N2O. The quantitative estimate of drug-likeness (QED) is 0.657. The number of halogens is 2. The van der Waals surface area contributed by atoms with Crippen LogP contribution in [-0.2, 0) is 0 Å². The smallest absolute Gasteiger partial charge is 0.271 e. The number of allylic oxidation sites excluding steroid dienone is 3. The van der Waals surface area contributed by atoms with Crippen LogP contribution in [0.25, 0.3) is 0 Å². The topological polar surface area (TPSA) is 41.1 Å². The van der Waals surface area contributed by atoms with Crippen molar-refractivity contribution in [2.24, 2.45) is 0 Å². The van der Waals surface area contributed by atoms with Crippen LogP contribution >= 0.6 is 23.2 Å². The standard InChI is InChI=1S/C14H14Cl2N2O/c15-11-6-7-12(13(16)8-11)14(19)18-17-9-10-4-2-1-3-5-10/h1-2,6-9,17H,3-5H2,(H,18,19). The van der Waals surface area contributed by atoms with Gasteiger partial charge in [0.05, 0.1) is 10.6 Å². The summed E-state index contributed by atoms with van der Waals surface area (Å²) >= 11 is 11.7. The van der Waals surface area contributed by atoms with Crippen molar-refractivity contribution >= 4 is 29.1 Å². The molecule has 0 spiro atoms. The normalized spacial score (nSPS) is 16.4. The maximum Gasteiger partial charge on any atom is 0.271 e. The van der Waals surface area contributed by atoms with Gasteiger partial charge in [0.25, 0.3) is 5.91 Å². The zero-order valence-electron chi connectivity index (χ0n) is 10.2. The Kier molecular flexibility index (Phi) is 4.88. The van der Waals surface area contributed by atoms with Crippen LogP contribution in [0.5, 0.6) is 0 Å². The monoisotopic (exact) mass is 296 g/mol. The summed E-state index contributed by atoms with van der Waals surface area (Å²) in [5, 5.41) is 0.839. The number of amides is 1. The third kappa shape index (κ3) is 4.01. The number of benzene rings is 1. The lowest BCUT2D eigenvalue weighted by Gasteiger charge is -2.10. The van der Waals surface area contributed by atoms with Crippen LogP contribution < -0.4 is 10.9 Å². The molecule has 1 aliphatic carbocycles. The van der Waals surface area contributed by atoms with E-state index < -0.39 is 0 Å². The van der Waals surface area contributed by atoms with Gasteiger partial charge in [-0.05, 0) is 43.0 Å². The summed E-state index contributed by atoms with van der Waals surface area (Å²) in [6, 6.07) is 4.77. The Morgan fingerprint density at radius 3 is 2.79 bits per heavy atom. The average molecular weight is 297 g/mol. The fraction of sp³-hybridized carbons (Fsp3) is 0.214. The Balaban J connectivity index is 1.92. The van der Waals surface area contributed by atoms with Gasteiger partial charge in [0.1, 0.15) is 0 Å². The van der Waals surface area contributed by atoms with E-state index in [9.17, 15) is 4.79 Å². The van der Waals surface area contributed by atoms with Crippen molar-refractivity contribution in [1.29, 1.82) is 0 Å². The van der Waals surface area contributed by atoms with Crippen LogP contribution in [0.1, 0.15) is 29.6 Å². The molecule has 0 saturated heterocycles. The summed E-state index contributed by atoms with van der Waals surface area (Å²) < 4.78 is 0. The second-order valence-corrected chi connectivity index (χ2v) is 5.08. The number of hydrogen-bond acceptors (Lipinski definition) is 2. The summed E-state index contributed by atoms with van der Waals surface area (Å²) in [5.74, 6) is -0.287. The zero-order chi connectivity index (χ0) is 13.7. The molecule has 0 aromatic heterocycles. The average Bonchev–Trinajstić information content (AvgIpc) is 2.39. The van der Waals surface area contributed by atoms with Crippen molar-refractivity contribution in [3.8, 4) is 0 Å². The van der Waals surface area contributed by atoms with Gasteiger partial charge in [-0.1, -0.05) is 35.4 Å². The van der Waals surface area contributed by atoms with Crippen LogP contribution in [0, 0.1) is 0 Å². The number of hydrazine groups is 1. The predicted molar refractivity (Wildman–Crippen MR) is 78.1 cm³/mol. The van der Waals surface area contributed by atoms with Gasteiger partial charge in [-0.25, -0.2) is 0 Å². The third-order valence-corrected chi connectivity index (χ3v) is 3.36. The number of carbonyl (C=O) groups excluding carboxylic acids is 1. The number of hydrogen-bond donors (Lipinski definition) is 2. The van der Waals surface area contributed by atoms with Crippen molar-refractivity contribution in [3.63, 3.8) is 0 Å². The largest absolute Gasteiger partial charge is 0.306 e. The second-order valence-electron chi connectivity index (χ2n) is 4.24. The Hall–Kier alpha value is -1.45. The predicted octanol–water partition coefficient (Wildman–Crippen LogP) is 3.85. The van der Waals surface area contributed by atoms with Gasteiger partial charge in [-0.3, -0.25) is 10.2 Å². The molecule has 1 aromatic carbocycles. The van der Waals surface area contributed by atoms with Crippen molar-refractivity contribution < 1.29 is 4.79 Å². The van der Waals surface area contributed by atoms with E-state index in [4.69, 9.17) is 23.2 Å². The molecule has 2 rings (SSSR count). The first-order valence-electron chi connectivity index (χ1n) is 6.00. The van der Waals surface area contributed by atoms with Gasteiger partial charge < -0.3 is 5.43 Å². The van der Waals surface area contributed by atoms with Gasteiger partial charge in [0.15, 0.2) is 0 Å². The van der Waals surface area contributed by atoms with E-state index in [1.165, 1.54) is 5.57 Å². The summed E-state index contributed by atoms with van der Waals surface area (Å²) in [5.41, 5.74) is 7.04. The molecule has 0 atom stereocenters. The molecule has 0 fully saturated rings. The maximum atomic E-state index is 11.9. The molecule has 2 N–H and O–H groups in total. The van der Waals surface area contributed by atoms with Gasteiger partial charge in [-0.2, -0.15) is 0 Å². The molecule has 0 heterocycles. The first-order chi connectivity index (χ1) is 9.16. The molecule has 100 valence electrons. The van der Waals surface area contributed by atoms with E-state index in [2.05, 4.69) is 23.0 Å². The Bertz CT molecular complexity index is 538. The molecule has 5 heteroatoms. The van der Waals surface area contributed by atoms with E-state index in [1.54, 1.807) is 18.2 Å². The molecule has 0 radical (unpaired) electrons.